The van der Waals surface area contributed by atoms with Gasteiger partial charge < -0.3 is 20.1 Å². The summed E-state index contributed by atoms with van der Waals surface area (Å²) in [4.78, 5) is 4.26. The van der Waals surface area contributed by atoms with Gasteiger partial charge in [0.15, 0.2) is 5.96 Å². The van der Waals surface area contributed by atoms with Crippen LogP contribution in [0.4, 0.5) is 13.2 Å². The molecule has 2 aliphatic rings. The molecule has 2 N–H and O–H groups in total. The van der Waals surface area contributed by atoms with Crippen LogP contribution in [0.3, 0.4) is 0 Å². The molecule has 1 atom stereocenters. The Morgan fingerprint density at radius 2 is 2.04 bits per heavy atom. The maximum atomic E-state index is 12.1. The van der Waals surface area contributed by atoms with E-state index in [2.05, 4.69) is 26.4 Å². The molecule has 1 aromatic rings. The molecule has 0 aromatic heterocycles. The molecule has 156 valence electrons. The molecule has 1 heterocycles. The molecule has 1 aliphatic carbocycles. The fourth-order valence-electron chi connectivity index (χ4n) is 4.00. The highest BCUT2D eigenvalue weighted by molar-refractivity contribution is 5.80. The van der Waals surface area contributed by atoms with Crippen LogP contribution >= 0.6 is 0 Å². The number of hydrogen-bond acceptors (Lipinski definition) is 3. The molecule has 0 amide bonds. The summed E-state index contributed by atoms with van der Waals surface area (Å²) in [7, 11) is 1.69. The maximum Gasteiger partial charge on any atom is 0.411 e. The molecule has 5 nitrogen and oxygen atoms in total. The summed E-state index contributed by atoms with van der Waals surface area (Å²) in [5.74, 6) is 1.55. The lowest BCUT2D eigenvalue weighted by atomic mass is 9.86. The van der Waals surface area contributed by atoms with Crippen LogP contribution in [0.1, 0.15) is 50.1 Å². The number of nitrogens with one attached hydrogen (secondary N) is 2. The summed E-state index contributed by atoms with van der Waals surface area (Å²) in [6, 6.07) is 8.14. The van der Waals surface area contributed by atoms with Crippen LogP contribution in [0.2, 0.25) is 0 Å². The third-order valence-corrected chi connectivity index (χ3v) is 5.27. The van der Waals surface area contributed by atoms with Crippen LogP contribution in [0, 0.1) is 0 Å². The van der Waals surface area contributed by atoms with E-state index in [0.29, 0.717) is 18.9 Å². The van der Waals surface area contributed by atoms with Gasteiger partial charge in [0.2, 0.25) is 0 Å². The predicted molar refractivity (Wildman–Crippen MR) is 102 cm³/mol. The van der Waals surface area contributed by atoms with Crippen LogP contribution in [-0.4, -0.2) is 44.5 Å². The molecule has 1 saturated carbocycles. The molecule has 3 rings (SSSR count). The lowest BCUT2D eigenvalue weighted by Crippen LogP contribution is -2.46. The number of ether oxygens (including phenoxy) is 2. The quantitative estimate of drug-likeness (QED) is 0.432. The molecule has 1 fully saturated rings. The summed E-state index contributed by atoms with van der Waals surface area (Å²) in [5.41, 5.74) is 0.993. The molecule has 28 heavy (non-hydrogen) atoms. The fraction of sp³-hybridized carbons (Fsp3) is 0.650. The maximum absolute atomic E-state index is 12.1. The minimum absolute atomic E-state index is 0.0483. The number of hydrogen-bond donors (Lipinski definition) is 2. The molecule has 1 unspecified atom stereocenters. The Balaban J connectivity index is 1.53. The van der Waals surface area contributed by atoms with Gasteiger partial charge in [-0.2, -0.15) is 13.2 Å². The van der Waals surface area contributed by atoms with Crippen molar-refractivity contribution >= 4 is 5.96 Å². The number of rotatable bonds is 6. The van der Waals surface area contributed by atoms with E-state index in [9.17, 15) is 13.2 Å². The lowest BCUT2D eigenvalue weighted by Gasteiger charge is -2.40. The molecule has 8 heteroatoms. The van der Waals surface area contributed by atoms with Crippen molar-refractivity contribution in [1.82, 2.24) is 10.6 Å². The van der Waals surface area contributed by atoms with Crippen LogP contribution in [-0.2, 0) is 4.74 Å². The first-order valence-corrected chi connectivity index (χ1v) is 9.80. The second-order valence-corrected chi connectivity index (χ2v) is 7.45. The zero-order valence-electron chi connectivity index (χ0n) is 16.1. The van der Waals surface area contributed by atoms with Gasteiger partial charge in [-0.05, 0) is 38.2 Å². The smallest absolute Gasteiger partial charge is 0.411 e. The van der Waals surface area contributed by atoms with E-state index >= 15 is 0 Å². The van der Waals surface area contributed by atoms with Crippen LogP contribution in [0.15, 0.2) is 29.3 Å². The summed E-state index contributed by atoms with van der Waals surface area (Å²) >= 11 is 0. The first-order valence-electron chi connectivity index (χ1n) is 9.80. The molecule has 0 saturated heterocycles. The number of halogens is 3. The van der Waals surface area contributed by atoms with Crippen molar-refractivity contribution in [3.05, 3.63) is 29.8 Å². The Bertz CT molecular complexity index is 673. The molecule has 0 radical (unpaired) electrons. The van der Waals surface area contributed by atoms with E-state index in [1.807, 2.05) is 18.2 Å². The second kappa shape index (κ2) is 9.03. The number of benzene rings is 1. The Morgan fingerprint density at radius 1 is 1.29 bits per heavy atom. The molecule has 1 aliphatic heterocycles. The van der Waals surface area contributed by atoms with Crippen molar-refractivity contribution in [2.45, 2.75) is 56.3 Å². The van der Waals surface area contributed by atoms with Gasteiger partial charge in [0.05, 0.1) is 6.04 Å². The van der Waals surface area contributed by atoms with Gasteiger partial charge in [-0.25, -0.2) is 0 Å². The van der Waals surface area contributed by atoms with Gasteiger partial charge in [0.1, 0.15) is 18.0 Å². The number of guanidine groups is 1. The van der Waals surface area contributed by atoms with Crippen molar-refractivity contribution < 1.29 is 22.6 Å². The third-order valence-electron chi connectivity index (χ3n) is 5.27. The van der Waals surface area contributed by atoms with Crippen molar-refractivity contribution in [1.29, 1.82) is 0 Å². The van der Waals surface area contributed by atoms with Crippen LogP contribution in [0.25, 0.3) is 0 Å². The second-order valence-electron chi connectivity index (χ2n) is 7.45. The van der Waals surface area contributed by atoms with E-state index in [4.69, 9.17) is 4.74 Å². The number of para-hydroxylation sites is 1. The normalized spacial score (nSPS) is 21.3. The summed E-state index contributed by atoms with van der Waals surface area (Å²) in [6.45, 7) is -0.679. The van der Waals surface area contributed by atoms with E-state index in [-0.39, 0.29) is 18.2 Å². The minimum Gasteiger partial charge on any atom is -0.487 e. The average Bonchev–Trinajstić information content (AvgIpc) is 3.09. The highest BCUT2D eigenvalue weighted by Crippen LogP contribution is 2.46. The SMILES string of the molecule is CN=C(NCCCOCC(F)(F)F)NC1CC2(CCCC2)Oc2ccccc21. The number of nitrogens with zero attached hydrogens (tertiary/aromatic N) is 1. The van der Waals surface area contributed by atoms with E-state index in [1.54, 1.807) is 7.05 Å². The highest BCUT2D eigenvalue weighted by Gasteiger charge is 2.43. The topological polar surface area (TPSA) is 54.9 Å². The van der Waals surface area contributed by atoms with Gasteiger partial charge >= 0.3 is 6.18 Å². The third kappa shape index (κ3) is 5.53. The number of alkyl halides is 3. The van der Waals surface area contributed by atoms with Gasteiger partial charge in [0, 0.05) is 32.2 Å². The number of fused-ring (bicyclic) bond motifs is 1. The largest absolute Gasteiger partial charge is 0.487 e. The van der Waals surface area contributed by atoms with E-state index < -0.39 is 12.8 Å². The van der Waals surface area contributed by atoms with E-state index in [1.165, 1.54) is 12.8 Å². The molecule has 1 aromatic carbocycles. The van der Waals surface area contributed by atoms with Crippen LogP contribution in [0.5, 0.6) is 5.75 Å². The zero-order chi connectivity index (χ0) is 20.0. The summed E-state index contributed by atoms with van der Waals surface area (Å²) < 4.78 is 47.2. The average molecular weight is 399 g/mol. The number of aliphatic imine (C=N–C) groups is 1. The Kier molecular flexibility index (Phi) is 6.69. The van der Waals surface area contributed by atoms with Crippen molar-refractivity contribution in [2.75, 3.05) is 26.8 Å². The Hall–Kier alpha value is -1.96. The monoisotopic (exact) mass is 399 g/mol. The fourth-order valence-corrected chi connectivity index (χ4v) is 4.00. The Morgan fingerprint density at radius 3 is 2.75 bits per heavy atom. The first kappa shape index (κ1) is 20.8. The highest BCUT2D eigenvalue weighted by atomic mass is 19.4. The van der Waals surface area contributed by atoms with Gasteiger partial charge in [-0.15, -0.1) is 0 Å². The van der Waals surface area contributed by atoms with Gasteiger partial charge in [-0.1, -0.05) is 18.2 Å². The predicted octanol–water partition coefficient (Wildman–Crippen LogP) is 3.96. The van der Waals surface area contributed by atoms with Gasteiger partial charge in [-0.3, -0.25) is 4.99 Å². The molecular formula is C20H28F3N3O2. The summed E-state index contributed by atoms with van der Waals surface area (Å²) in [5, 5.41) is 6.63. The van der Waals surface area contributed by atoms with Crippen molar-refractivity contribution in [2.24, 2.45) is 4.99 Å². The first-order chi connectivity index (χ1) is 13.4. The molecular weight excluding hydrogens is 371 g/mol. The van der Waals surface area contributed by atoms with Crippen molar-refractivity contribution in [3.63, 3.8) is 0 Å². The van der Waals surface area contributed by atoms with Gasteiger partial charge in [0.25, 0.3) is 0 Å². The minimum atomic E-state index is -4.28. The molecule has 0 bridgehead atoms. The lowest BCUT2D eigenvalue weighted by molar-refractivity contribution is -0.173. The molecule has 1 spiro atoms. The standard InChI is InChI=1S/C20H28F3N3O2/c1-24-18(25-11-6-12-27-14-20(21,22)23)26-16-13-19(9-4-5-10-19)28-17-8-3-2-7-15(16)17/h2-3,7-8,16H,4-6,9-14H2,1H3,(H2,24,25,26). The van der Waals surface area contributed by atoms with Crippen LogP contribution < -0.4 is 15.4 Å². The van der Waals surface area contributed by atoms with E-state index in [0.717, 1.165) is 30.6 Å². The van der Waals surface area contributed by atoms with Crippen molar-refractivity contribution in [3.8, 4) is 5.75 Å². The summed E-state index contributed by atoms with van der Waals surface area (Å²) in [6.07, 6.45) is 1.53. The zero-order valence-corrected chi connectivity index (χ0v) is 16.1. The Labute approximate surface area is 163 Å².